The predicted molar refractivity (Wildman–Crippen MR) is 163 cm³/mol. The fourth-order valence-corrected chi connectivity index (χ4v) is 5.69. The summed E-state index contributed by atoms with van der Waals surface area (Å²) in [7, 11) is 3.06. The smallest absolute Gasteiger partial charge is 0.260 e. The van der Waals surface area contributed by atoms with Crippen LogP contribution in [0.25, 0.3) is 22.2 Å². The van der Waals surface area contributed by atoms with E-state index in [1.54, 1.807) is 41.0 Å². The Morgan fingerprint density at radius 2 is 1.95 bits per heavy atom. The highest BCUT2D eigenvalue weighted by Crippen LogP contribution is 2.38. The molecule has 3 aromatic rings. The molecule has 0 spiro atoms. The minimum Gasteiger partial charge on any atom is -0.497 e. The van der Waals surface area contributed by atoms with E-state index in [1.165, 1.54) is 13.2 Å². The molecule has 4 heterocycles. The number of ether oxygens (including phenoxy) is 3. The second-order valence-corrected chi connectivity index (χ2v) is 10.9. The lowest BCUT2D eigenvalue weighted by Crippen LogP contribution is -2.59. The number of benzene rings is 1. The maximum atomic E-state index is 14.0. The molecule has 0 aliphatic carbocycles. The number of methoxy groups -OCH3 is 2. The van der Waals surface area contributed by atoms with E-state index in [9.17, 15) is 9.59 Å². The van der Waals surface area contributed by atoms with Gasteiger partial charge in [0.1, 0.15) is 17.1 Å². The number of anilines is 1. The predicted octanol–water partition coefficient (Wildman–Crippen LogP) is 3.34. The number of carbonyl (C=O) groups excluding carboxylic acids is 1. The molecule has 42 heavy (non-hydrogen) atoms. The summed E-state index contributed by atoms with van der Waals surface area (Å²) in [6, 6.07) is 5.31. The third-order valence-electron chi connectivity index (χ3n) is 7.90. The molecule has 2 aliphatic rings. The molecule has 0 bridgehead atoms. The van der Waals surface area contributed by atoms with Crippen LogP contribution in [0.4, 0.5) is 5.95 Å². The van der Waals surface area contributed by atoms with Gasteiger partial charge in [0.15, 0.2) is 0 Å². The zero-order valence-corrected chi connectivity index (χ0v) is 24.8. The second-order valence-electron chi connectivity index (χ2n) is 10.5. The van der Waals surface area contributed by atoms with Crippen molar-refractivity contribution in [3.05, 3.63) is 52.4 Å². The van der Waals surface area contributed by atoms with Crippen LogP contribution in [-0.2, 0) is 16.1 Å². The third-order valence-corrected chi connectivity index (χ3v) is 8.29. The summed E-state index contributed by atoms with van der Waals surface area (Å²) in [4.78, 5) is 36.9. The van der Waals surface area contributed by atoms with E-state index >= 15 is 0 Å². The molecule has 0 atom stereocenters. The van der Waals surface area contributed by atoms with Crippen LogP contribution in [0.2, 0.25) is 5.02 Å². The number of pyridine rings is 1. The van der Waals surface area contributed by atoms with E-state index < -0.39 is 0 Å². The Morgan fingerprint density at radius 3 is 2.67 bits per heavy atom. The molecule has 2 N–H and O–H groups in total. The van der Waals surface area contributed by atoms with Crippen LogP contribution >= 0.6 is 11.6 Å². The molecule has 11 nitrogen and oxygen atoms in total. The molecule has 2 saturated heterocycles. The van der Waals surface area contributed by atoms with Gasteiger partial charge in [-0.1, -0.05) is 18.2 Å². The Balaban J connectivity index is 1.43. The van der Waals surface area contributed by atoms with Crippen molar-refractivity contribution < 1.29 is 19.0 Å². The summed E-state index contributed by atoms with van der Waals surface area (Å²) in [5.74, 6) is 1.93. The van der Waals surface area contributed by atoms with Gasteiger partial charge in [0.25, 0.3) is 5.56 Å². The van der Waals surface area contributed by atoms with E-state index in [0.29, 0.717) is 76.7 Å². The maximum Gasteiger partial charge on any atom is 0.260 e. The van der Waals surface area contributed by atoms with Crippen molar-refractivity contribution in [3.8, 4) is 22.6 Å². The lowest BCUT2D eigenvalue weighted by Gasteiger charge is -2.39. The zero-order valence-electron chi connectivity index (χ0n) is 24.0. The van der Waals surface area contributed by atoms with Crippen LogP contribution in [0, 0.1) is 5.92 Å². The molecular formula is C30H37ClN6O5. The number of halogens is 1. The number of fused-ring (bicyclic) bond motifs is 1. The molecule has 224 valence electrons. The number of nitrogens with one attached hydrogen (secondary N) is 2. The Morgan fingerprint density at radius 1 is 1.17 bits per heavy atom. The molecule has 0 radical (unpaired) electrons. The number of carbonyl (C=O) groups is 1. The number of aromatic nitrogens is 3. The largest absolute Gasteiger partial charge is 0.497 e. The van der Waals surface area contributed by atoms with Gasteiger partial charge in [-0.2, -0.15) is 4.98 Å². The summed E-state index contributed by atoms with van der Waals surface area (Å²) >= 11 is 6.69. The van der Waals surface area contributed by atoms with Gasteiger partial charge in [-0.05, 0) is 43.4 Å². The molecule has 2 fully saturated rings. The Bertz CT molecular complexity index is 1500. The van der Waals surface area contributed by atoms with Crippen molar-refractivity contribution in [2.75, 3.05) is 58.9 Å². The quantitative estimate of drug-likeness (QED) is 0.303. The van der Waals surface area contributed by atoms with Crippen LogP contribution in [0.1, 0.15) is 19.3 Å². The van der Waals surface area contributed by atoms with Gasteiger partial charge in [-0.3, -0.25) is 14.2 Å². The summed E-state index contributed by atoms with van der Waals surface area (Å²) in [6.45, 7) is 7.96. The Labute approximate surface area is 249 Å². The normalized spacial score (nSPS) is 15.8. The average Bonchev–Trinajstić information content (AvgIpc) is 2.99. The number of likely N-dealkylation sites (tertiary alicyclic amines) is 1. The molecule has 2 aromatic heterocycles. The maximum absolute atomic E-state index is 14.0. The van der Waals surface area contributed by atoms with E-state index in [2.05, 4.69) is 22.2 Å². The lowest BCUT2D eigenvalue weighted by molar-refractivity contribution is -0.130. The zero-order chi connectivity index (χ0) is 29.6. The molecule has 2 aliphatic heterocycles. The average molecular weight is 597 g/mol. The first-order valence-corrected chi connectivity index (χ1v) is 14.6. The van der Waals surface area contributed by atoms with Crippen molar-refractivity contribution >= 4 is 34.5 Å². The summed E-state index contributed by atoms with van der Waals surface area (Å²) in [5.41, 5.74) is 1.17. The molecule has 0 unspecified atom stereocenters. The van der Waals surface area contributed by atoms with Crippen molar-refractivity contribution in [1.82, 2.24) is 24.8 Å². The minimum absolute atomic E-state index is 0.0814. The fraction of sp³-hybridized carbons (Fsp3) is 0.467. The Kier molecular flexibility index (Phi) is 9.61. The first-order valence-electron chi connectivity index (χ1n) is 14.2. The van der Waals surface area contributed by atoms with Crippen LogP contribution in [-0.4, -0.2) is 85.0 Å². The van der Waals surface area contributed by atoms with Gasteiger partial charge in [-0.15, -0.1) is 0 Å². The molecule has 5 rings (SSSR count). The van der Waals surface area contributed by atoms with Gasteiger partial charge in [0.05, 0.1) is 19.2 Å². The first-order chi connectivity index (χ1) is 20.4. The number of hydrogen-bond acceptors (Lipinski definition) is 9. The van der Waals surface area contributed by atoms with Gasteiger partial charge in [0, 0.05) is 80.8 Å². The van der Waals surface area contributed by atoms with Gasteiger partial charge in [0.2, 0.25) is 11.9 Å². The van der Waals surface area contributed by atoms with Crippen LogP contribution in [0.3, 0.4) is 0 Å². The van der Waals surface area contributed by atoms with E-state index in [-0.39, 0.29) is 17.5 Å². The molecule has 12 heteroatoms. The van der Waals surface area contributed by atoms with Crippen molar-refractivity contribution in [2.24, 2.45) is 5.92 Å². The molecule has 1 aromatic carbocycles. The van der Waals surface area contributed by atoms with Crippen LogP contribution in [0.15, 0.2) is 41.8 Å². The number of rotatable bonds is 12. The number of amides is 1. The molecule has 0 saturated carbocycles. The van der Waals surface area contributed by atoms with Crippen LogP contribution in [0.5, 0.6) is 11.5 Å². The molecule has 1 amide bonds. The van der Waals surface area contributed by atoms with Crippen molar-refractivity contribution in [2.45, 2.75) is 31.8 Å². The highest BCUT2D eigenvalue weighted by atomic mass is 35.5. The monoisotopic (exact) mass is 596 g/mol. The number of hydrogen-bond donors (Lipinski definition) is 2. The summed E-state index contributed by atoms with van der Waals surface area (Å²) < 4.78 is 18.0. The standard InChI is InChI=1S/C30H37ClN6O5/c1-4-26(38)36-17-21(18-36)32-9-10-37-28-20(16-34-30(35-28)33-8-5-19-6-11-42-12-7-19)13-24(29(37)39)23-14-22(40-2)15-25(41-3)27(23)31/h4,13-16,19,21,32H,1,5-12,17-18H2,2-3H3,(H,33,34,35). The van der Waals surface area contributed by atoms with E-state index in [4.69, 9.17) is 30.8 Å². The lowest BCUT2D eigenvalue weighted by atomic mass is 9.97. The minimum atomic E-state index is -0.245. The van der Waals surface area contributed by atoms with Gasteiger partial charge < -0.3 is 29.7 Å². The van der Waals surface area contributed by atoms with Crippen molar-refractivity contribution in [3.63, 3.8) is 0 Å². The van der Waals surface area contributed by atoms with E-state index in [1.807, 2.05) is 0 Å². The topological polar surface area (TPSA) is 120 Å². The Hall–Kier alpha value is -3.67. The molecular weight excluding hydrogens is 560 g/mol. The van der Waals surface area contributed by atoms with Gasteiger partial charge in [-0.25, -0.2) is 4.98 Å². The summed E-state index contributed by atoms with van der Waals surface area (Å²) in [6.07, 6.45) is 6.17. The third kappa shape index (κ3) is 6.53. The SMILES string of the molecule is C=CC(=O)N1CC(NCCn2c(=O)c(-c3cc(OC)cc(OC)c3Cl)cc3cnc(NCCC4CCOCC4)nc32)C1. The van der Waals surface area contributed by atoms with Gasteiger partial charge >= 0.3 is 0 Å². The van der Waals surface area contributed by atoms with Crippen LogP contribution < -0.4 is 25.7 Å². The highest BCUT2D eigenvalue weighted by Gasteiger charge is 2.28. The summed E-state index contributed by atoms with van der Waals surface area (Å²) in [5, 5.41) is 7.78. The highest BCUT2D eigenvalue weighted by molar-refractivity contribution is 6.35. The first kappa shape index (κ1) is 29.8. The van der Waals surface area contributed by atoms with E-state index in [0.717, 1.165) is 39.0 Å². The second kappa shape index (κ2) is 13.5. The van der Waals surface area contributed by atoms with Crippen molar-refractivity contribution in [1.29, 1.82) is 0 Å². The number of nitrogens with zero attached hydrogens (tertiary/aromatic N) is 4. The fourth-order valence-electron chi connectivity index (χ4n) is 5.40.